The highest BCUT2D eigenvalue weighted by Crippen LogP contribution is 2.16. The van der Waals surface area contributed by atoms with Crippen LogP contribution in [0.5, 0.6) is 5.75 Å². The first-order valence-electron chi connectivity index (χ1n) is 6.26. The zero-order valence-corrected chi connectivity index (χ0v) is 11.1. The Kier molecular flexibility index (Phi) is 6.22. The van der Waals surface area contributed by atoms with Crippen LogP contribution in [0.3, 0.4) is 0 Å². The lowest BCUT2D eigenvalue weighted by Gasteiger charge is -2.21. The van der Waals surface area contributed by atoms with Crippen LogP contribution in [-0.2, 0) is 4.79 Å². The molecule has 18 heavy (non-hydrogen) atoms. The standard InChI is InChI=1S/C14H21NO3/c1-3-8-15(9-10-16)14(17)11-18-13-7-5-4-6-12(13)2/h4-7,16H,3,8-11H2,1-2H3. The van der Waals surface area contributed by atoms with Crippen LogP contribution in [0.15, 0.2) is 24.3 Å². The highest BCUT2D eigenvalue weighted by atomic mass is 16.5. The summed E-state index contributed by atoms with van der Waals surface area (Å²) in [6, 6.07) is 7.60. The molecule has 100 valence electrons. The van der Waals surface area contributed by atoms with E-state index in [-0.39, 0.29) is 19.1 Å². The number of rotatable bonds is 7. The van der Waals surface area contributed by atoms with E-state index in [0.29, 0.717) is 13.1 Å². The van der Waals surface area contributed by atoms with Crippen LogP contribution in [-0.4, -0.2) is 42.2 Å². The minimum atomic E-state index is -0.0887. The highest BCUT2D eigenvalue weighted by molar-refractivity contribution is 5.77. The quantitative estimate of drug-likeness (QED) is 0.801. The third kappa shape index (κ3) is 4.37. The van der Waals surface area contributed by atoms with Crippen molar-refractivity contribution in [2.75, 3.05) is 26.3 Å². The molecule has 0 unspecified atom stereocenters. The van der Waals surface area contributed by atoms with E-state index in [0.717, 1.165) is 17.7 Å². The van der Waals surface area contributed by atoms with Gasteiger partial charge in [-0.3, -0.25) is 4.79 Å². The van der Waals surface area contributed by atoms with Gasteiger partial charge in [-0.15, -0.1) is 0 Å². The van der Waals surface area contributed by atoms with Gasteiger partial charge in [0, 0.05) is 13.1 Å². The van der Waals surface area contributed by atoms with Crippen LogP contribution in [0.2, 0.25) is 0 Å². The molecule has 0 aliphatic heterocycles. The van der Waals surface area contributed by atoms with Crippen molar-refractivity contribution >= 4 is 5.91 Å². The van der Waals surface area contributed by atoms with Gasteiger partial charge in [-0.1, -0.05) is 25.1 Å². The molecule has 4 heteroatoms. The van der Waals surface area contributed by atoms with E-state index in [1.165, 1.54) is 0 Å². The Morgan fingerprint density at radius 3 is 2.67 bits per heavy atom. The number of ether oxygens (including phenoxy) is 1. The molecule has 1 rings (SSSR count). The fourth-order valence-electron chi connectivity index (χ4n) is 1.70. The summed E-state index contributed by atoms with van der Waals surface area (Å²) >= 11 is 0. The van der Waals surface area contributed by atoms with E-state index in [1.54, 1.807) is 4.90 Å². The van der Waals surface area contributed by atoms with Crippen LogP contribution in [0, 0.1) is 6.92 Å². The van der Waals surface area contributed by atoms with Crippen molar-refractivity contribution in [2.24, 2.45) is 0 Å². The molecule has 0 bridgehead atoms. The van der Waals surface area contributed by atoms with Crippen molar-refractivity contribution in [1.82, 2.24) is 4.90 Å². The average molecular weight is 251 g/mol. The second-order valence-electron chi connectivity index (χ2n) is 4.16. The lowest BCUT2D eigenvalue weighted by Crippen LogP contribution is -2.37. The molecule has 0 aliphatic rings. The Balaban J connectivity index is 2.51. The lowest BCUT2D eigenvalue weighted by molar-refractivity contribution is -0.133. The molecule has 1 aromatic carbocycles. The van der Waals surface area contributed by atoms with Crippen molar-refractivity contribution in [3.63, 3.8) is 0 Å². The number of hydrogen-bond donors (Lipinski definition) is 1. The van der Waals surface area contributed by atoms with Gasteiger partial charge in [0.25, 0.3) is 5.91 Å². The maximum atomic E-state index is 11.9. The maximum Gasteiger partial charge on any atom is 0.260 e. The molecule has 0 aliphatic carbocycles. The van der Waals surface area contributed by atoms with Crippen molar-refractivity contribution in [3.05, 3.63) is 29.8 Å². The molecule has 0 atom stereocenters. The number of benzene rings is 1. The Hall–Kier alpha value is -1.55. The Morgan fingerprint density at radius 1 is 1.33 bits per heavy atom. The van der Waals surface area contributed by atoms with Gasteiger partial charge < -0.3 is 14.7 Å². The molecule has 0 aromatic heterocycles. The minimum Gasteiger partial charge on any atom is -0.484 e. The third-order valence-corrected chi connectivity index (χ3v) is 2.66. The minimum absolute atomic E-state index is 0.0178. The predicted octanol–water partition coefficient (Wildman–Crippen LogP) is 1.60. The van der Waals surface area contributed by atoms with E-state index >= 15 is 0 Å². The molecule has 0 spiro atoms. The van der Waals surface area contributed by atoms with Crippen LogP contribution >= 0.6 is 0 Å². The summed E-state index contributed by atoms with van der Waals surface area (Å²) in [5.74, 6) is 0.639. The molecular weight excluding hydrogens is 230 g/mol. The molecule has 1 amide bonds. The summed E-state index contributed by atoms with van der Waals surface area (Å²) < 4.78 is 5.50. The van der Waals surface area contributed by atoms with Gasteiger partial charge >= 0.3 is 0 Å². The first-order chi connectivity index (χ1) is 8.69. The highest BCUT2D eigenvalue weighted by Gasteiger charge is 2.12. The smallest absolute Gasteiger partial charge is 0.260 e. The Labute approximate surface area is 108 Å². The Bertz CT molecular complexity index is 373. The topological polar surface area (TPSA) is 49.8 Å². The fourth-order valence-corrected chi connectivity index (χ4v) is 1.70. The number of hydrogen-bond acceptors (Lipinski definition) is 3. The van der Waals surface area contributed by atoms with Gasteiger partial charge in [-0.05, 0) is 25.0 Å². The molecule has 0 saturated carbocycles. The fraction of sp³-hybridized carbons (Fsp3) is 0.500. The van der Waals surface area contributed by atoms with Crippen molar-refractivity contribution in [2.45, 2.75) is 20.3 Å². The number of aliphatic hydroxyl groups excluding tert-OH is 1. The van der Waals surface area contributed by atoms with Crippen LogP contribution < -0.4 is 4.74 Å². The number of aryl methyl sites for hydroxylation is 1. The zero-order chi connectivity index (χ0) is 13.4. The summed E-state index contributed by atoms with van der Waals surface area (Å²) in [5, 5.41) is 8.91. The normalized spacial score (nSPS) is 10.2. The number of carbonyl (C=O) groups excluding carboxylic acids is 1. The van der Waals surface area contributed by atoms with E-state index in [4.69, 9.17) is 9.84 Å². The zero-order valence-electron chi connectivity index (χ0n) is 11.1. The summed E-state index contributed by atoms with van der Waals surface area (Å²) in [7, 11) is 0. The van der Waals surface area contributed by atoms with E-state index in [2.05, 4.69) is 0 Å². The second kappa shape index (κ2) is 7.71. The first-order valence-corrected chi connectivity index (χ1v) is 6.26. The number of carbonyl (C=O) groups is 1. The predicted molar refractivity (Wildman–Crippen MR) is 70.6 cm³/mol. The van der Waals surface area contributed by atoms with E-state index in [9.17, 15) is 4.79 Å². The third-order valence-electron chi connectivity index (χ3n) is 2.66. The molecule has 4 nitrogen and oxygen atoms in total. The lowest BCUT2D eigenvalue weighted by atomic mass is 10.2. The summed E-state index contributed by atoms with van der Waals surface area (Å²) in [6.07, 6.45) is 0.871. The number of aliphatic hydroxyl groups is 1. The van der Waals surface area contributed by atoms with Gasteiger partial charge in [-0.2, -0.15) is 0 Å². The largest absolute Gasteiger partial charge is 0.484 e. The monoisotopic (exact) mass is 251 g/mol. The van der Waals surface area contributed by atoms with E-state index in [1.807, 2.05) is 38.1 Å². The van der Waals surface area contributed by atoms with Gasteiger partial charge in [0.2, 0.25) is 0 Å². The Morgan fingerprint density at radius 2 is 2.06 bits per heavy atom. The van der Waals surface area contributed by atoms with E-state index < -0.39 is 0 Å². The summed E-state index contributed by atoms with van der Waals surface area (Å²) in [4.78, 5) is 13.5. The number of para-hydroxylation sites is 1. The molecule has 0 heterocycles. The molecule has 1 N–H and O–H groups in total. The number of nitrogens with zero attached hydrogens (tertiary/aromatic N) is 1. The molecule has 0 saturated heterocycles. The van der Waals surface area contributed by atoms with Crippen molar-refractivity contribution in [3.8, 4) is 5.75 Å². The molecule has 0 fully saturated rings. The number of amides is 1. The van der Waals surface area contributed by atoms with Crippen LogP contribution in [0.1, 0.15) is 18.9 Å². The van der Waals surface area contributed by atoms with Gasteiger partial charge in [0.05, 0.1) is 6.61 Å². The van der Waals surface area contributed by atoms with Crippen molar-refractivity contribution in [1.29, 1.82) is 0 Å². The maximum absolute atomic E-state index is 11.9. The van der Waals surface area contributed by atoms with Gasteiger partial charge in [0.15, 0.2) is 6.61 Å². The van der Waals surface area contributed by atoms with Gasteiger partial charge in [-0.25, -0.2) is 0 Å². The van der Waals surface area contributed by atoms with Crippen molar-refractivity contribution < 1.29 is 14.6 Å². The first kappa shape index (κ1) is 14.5. The SMILES string of the molecule is CCCN(CCO)C(=O)COc1ccccc1C. The average Bonchev–Trinajstić information content (AvgIpc) is 2.37. The summed E-state index contributed by atoms with van der Waals surface area (Å²) in [5.41, 5.74) is 1.01. The molecular formula is C14H21NO3. The second-order valence-corrected chi connectivity index (χ2v) is 4.16. The molecule has 0 radical (unpaired) electrons. The van der Waals surface area contributed by atoms with Crippen LogP contribution in [0.25, 0.3) is 0 Å². The van der Waals surface area contributed by atoms with Gasteiger partial charge in [0.1, 0.15) is 5.75 Å². The molecule has 1 aromatic rings. The van der Waals surface area contributed by atoms with Crippen LogP contribution in [0.4, 0.5) is 0 Å². The summed E-state index contributed by atoms with van der Waals surface area (Å²) in [6.45, 7) is 4.96.